The minimum Gasteiger partial charge on any atom is -0.387 e. The molecule has 1 aliphatic heterocycles. The molecular formula is C19H25N5O2. The van der Waals surface area contributed by atoms with Crippen molar-refractivity contribution >= 4 is 6.03 Å². The largest absolute Gasteiger partial charge is 0.387 e. The van der Waals surface area contributed by atoms with Crippen LogP contribution in [0.25, 0.3) is 0 Å². The molecule has 2 aromatic heterocycles. The standard InChI is InChI=1S/C19H25N5O2/c25-18(16-3-1-2-8-20-16)14-6-9-24(10-7-14)19(26)21-12-15-11-17(23-22-15)13-4-5-13/h1-3,8,11,13-14,18,25H,4-7,9-10,12H2,(H,21,26)(H,22,23). The molecule has 0 radical (unpaired) electrons. The molecule has 1 atom stereocenters. The number of nitrogens with one attached hydrogen (secondary N) is 2. The summed E-state index contributed by atoms with van der Waals surface area (Å²) < 4.78 is 0. The van der Waals surface area contributed by atoms with Crippen LogP contribution in [0.4, 0.5) is 4.79 Å². The molecule has 26 heavy (non-hydrogen) atoms. The Kier molecular flexibility index (Phi) is 4.88. The Labute approximate surface area is 152 Å². The SMILES string of the molecule is O=C(NCc1cc(C2CC2)n[nH]1)N1CCC(C(O)c2ccccn2)CC1. The first-order chi connectivity index (χ1) is 12.7. The van der Waals surface area contributed by atoms with Gasteiger partial charge >= 0.3 is 6.03 Å². The van der Waals surface area contributed by atoms with Gasteiger partial charge in [-0.15, -0.1) is 0 Å². The number of hydrogen-bond donors (Lipinski definition) is 3. The first-order valence-electron chi connectivity index (χ1n) is 9.36. The molecule has 1 unspecified atom stereocenters. The number of pyridine rings is 1. The monoisotopic (exact) mass is 355 g/mol. The van der Waals surface area contributed by atoms with Gasteiger partial charge < -0.3 is 15.3 Å². The molecule has 1 saturated heterocycles. The first-order valence-corrected chi connectivity index (χ1v) is 9.36. The van der Waals surface area contributed by atoms with Crippen molar-refractivity contribution in [2.24, 2.45) is 5.92 Å². The van der Waals surface area contributed by atoms with Gasteiger partial charge in [0.1, 0.15) is 0 Å². The number of likely N-dealkylation sites (tertiary alicyclic amines) is 1. The molecule has 2 fully saturated rings. The molecular weight excluding hydrogens is 330 g/mol. The summed E-state index contributed by atoms with van der Waals surface area (Å²) >= 11 is 0. The topological polar surface area (TPSA) is 94.1 Å². The van der Waals surface area contributed by atoms with E-state index >= 15 is 0 Å². The summed E-state index contributed by atoms with van der Waals surface area (Å²) in [5.41, 5.74) is 2.76. The zero-order valence-electron chi connectivity index (χ0n) is 14.8. The van der Waals surface area contributed by atoms with Gasteiger partial charge in [-0.1, -0.05) is 6.07 Å². The minimum atomic E-state index is -0.563. The van der Waals surface area contributed by atoms with E-state index in [0.717, 1.165) is 24.2 Å². The number of aliphatic hydroxyl groups excluding tert-OH is 1. The normalized spacial score (nSPS) is 19.3. The second-order valence-electron chi connectivity index (χ2n) is 7.27. The molecule has 0 bridgehead atoms. The number of carbonyl (C=O) groups excluding carboxylic acids is 1. The summed E-state index contributed by atoms with van der Waals surface area (Å²) in [6, 6.07) is 7.57. The van der Waals surface area contributed by atoms with Gasteiger partial charge in [0.05, 0.1) is 29.7 Å². The van der Waals surface area contributed by atoms with Crippen LogP contribution in [0, 0.1) is 5.92 Å². The molecule has 4 rings (SSSR count). The highest BCUT2D eigenvalue weighted by atomic mass is 16.3. The van der Waals surface area contributed by atoms with E-state index < -0.39 is 6.10 Å². The number of aliphatic hydroxyl groups is 1. The van der Waals surface area contributed by atoms with Crippen LogP contribution in [0.1, 0.15) is 54.8 Å². The Bertz CT molecular complexity index is 735. The number of carbonyl (C=O) groups is 1. The molecule has 1 saturated carbocycles. The molecule has 7 nitrogen and oxygen atoms in total. The van der Waals surface area contributed by atoms with E-state index in [2.05, 4.69) is 20.5 Å². The maximum atomic E-state index is 12.4. The number of rotatable bonds is 5. The smallest absolute Gasteiger partial charge is 0.317 e. The summed E-state index contributed by atoms with van der Waals surface area (Å²) in [4.78, 5) is 18.4. The molecule has 2 amide bonds. The van der Waals surface area contributed by atoms with Crippen molar-refractivity contribution in [2.45, 2.75) is 44.2 Å². The van der Waals surface area contributed by atoms with Crippen LogP contribution >= 0.6 is 0 Å². The van der Waals surface area contributed by atoms with Crippen molar-refractivity contribution < 1.29 is 9.90 Å². The Morgan fingerprint density at radius 1 is 1.31 bits per heavy atom. The number of aromatic amines is 1. The van der Waals surface area contributed by atoms with Crippen molar-refractivity contribution in [2.75, 3.05) is 13.1 Å². The van der Waals surface area contributed by atoms with Gasteiger partial charge in [0.15, 0.2) is 0 Å². The highest BCUT2D eigenvalue weighted by Gasteiger charge is 2.29. The van der Waals surface area contributed by atoms with Gasteiger partial charge in [0, 0.05) is 25.2 Å². The van der Waals surface area contributed by atoms with Crippen LogP contribution in [0.15, 0.2) is 30.5 Å². The third kappa shape index (κ3) is 3.88. The molecule has 2 aliphatic rings. The Hall–Kier alpha value is -2.41. The number of H-pyrrole nitrogens is 1. The Balaban J connectivity index is 1.24. The van der Waals surface area contributed by atoms with E-state index in [1.165, 1.54) is 12.8 Å². The number of amides is 2. The van der Waals surface area contributed by atoms with E-state index in [-0.39, 0.29) is 11.9 Å². The van der Waals surface area contributed by atoms with E-state index in [9.17, 15) is 9.90 Å². The average Bonchev–Trinajstić information content (AvgIpc) is 3.44. The molecule has 1 aliphatic carbocycles. The average molecular weight is 355 g/mol. The molecule has 138 valence electrons. The van der Waals surface area contributed by atoms with Crippen LogP contribution in [0.2, 0.25) is 0 Å². The number of aromatic nitrogens is 3. The van der Waals surface area contributed by atoms with Gasteiger partial charge in [0.25, 0.3) is 0 Å². The number of nitrogens with zero attached hydrogens (tertiary/aromatic N) is 3. The number of urea groups is 1. The van der Waals surface area contributed by atoms with E-state index in [4.69, 9.17) is 0 Å². The van der Waals surface area contributed by atoms with Crippen LogP contribution < -0.4 is 5.32 Å². The zero-order valence-corrected chi connectivity index (χ0v) is 14.8. The van der Waals surface area contributed by atoms with Gasteiger partial charge in [-0.05, 0) is 49.8 Å². The van der Waals surface area contributed by atoms with Crippen LogP contribution in [-0.4, -0.2) is 44.3 Å². The quantitative estimate of drug-likeness (QED) is 0.767. The lowest BCUT2D eigenvalue weighted by Gasteiger charge is -2.34. The van der Waals surface area contributed by atoms with Gasteiger partial charge in [-0.3, -0.25) is 10.1 Å². The van der Waals surface area contributed by atoms with Crippen molar-refractivity contribution in [1.29, 1.82) is 0 Å². The second kappa shape index (κ2) is 7.45. The fourth-order valence-corrected chi connectivity index (χ4v) is 3.55. The Morgan fingerprint density at radius 2 is 2.12 bits per heavy atom. The van der Waals surface area contributed by atoms with E-state index in [1.54, 1.807) is 6.20 Å². The van der Waals surface area contributed by atoms with Gasteiger partial charge in [0.2, 0.25) is 0 Å². The number of hydrogen-bond acceptors (Lipinski definition) is 4. The third-order valence-corrected chi connectivity index (χ3v) is 5.34. The number of piperidine rings is 1. The summed E-state index contributed by atoms with van der Waals surface area (Å²) in [5, 5.41) is 20.7. The lowest BCUT2D eigenvalue weighted by atomic mass is 9.89. The van der Waals surface area contributed by atoms with Gasteiger partial charge in [-0.2, -0.15) is 5.10 Å². The highest BCUT2D eigenvalue weighted by Crippen LogP contribution is 2.39. The van der Waals surface area contributed by atoms with Crippen LogP contribution in [0.5, 0.6) is 0 Å². The summed E-state index contributed by atoms with van der Waals surface area (Å²) in [6.45, 7) is 1.77. The molecule has 0 aromatic carbocycles. The minimum absolute atomic E-state index is 0.0571. The highest BCUT2D eigenvalue weighted by molar-refractivity contribution is 5.74. The maximum Gasteiger partial charge on any atom is 0.317 e. The van der Waals surface area contributed by atoms with E-state index in [0.29, 0.717) is 31.2 Å². The fourth-order valence-electron chi connectivity index (χ4n) is 3.55. The first kappa shape index (κ1) is 17.0. The molecule has 7 heteroatoms. The van der Waals surface area contributed by atoms with Crippen molar-refractivity contribution in [3.8, 4) is 0 Å². The predicted molar refractivity (Wildman–Crippen MR) is 96.3 cm³/mol. The van der Waals surface area contributed by atoms with Gasteiger partial charge in [-0.25, -0.2) is 4.79 Å². The fraction of sp³-hybridized carbons (Fsp3) is 0.526. The zero-order chi connectivity index (χ0) is 17.9. The van der Waals surface area contributed by atoms with Crippen molar-refractivity contribution in [1.82, 2.24) is 25.4 Å². The lowest BCUT2D eigenvalue weighted by molar-refractivity contribution is 0.0635. The van der Waals surface area contributed by atoms with Crippen molar-refractivity contribution in [3.63, 3.8) is 0 Å². The molecule has 0 spiro atoms. The summed E-state index contributed by atoms with van der Waals surface area (Å²) in [5.74, 6) is 0.753. The van der Waals surface area contributed by atoms with Crippen LogP contribution in [0.3, 0.4) is 0 Å². The maximum absolute atomic E-state index is 12.4. The van der Waals surface area contributed by atoms with E-state index in [1.807, 2.05) is 29.2 Å². The molecule has 3 heterocycles. The second-order valence-corrected chi connectivity index (χ2v) is 7.27. The predicted octanol–water partition coefficient (Wildman–Crippen LogP) is 2.34. The third-order valence-electron chi connectivity index (χ3n) is 5.34. The Morgan fingerprint density at radius 3 is 2.81 bits per heavy atom. The lowest BCUT2D eigenvalue weighted by Crippen LogP contribution is -2.45. The molecule has 2 aromatic rings. The van der Waals surface area contributed by atoms with Crippen molar-refractivity contribution in [3.05, 3.63) is 47.5 Å². The summed E-state index contributed by atoms with van der Waals surface area (Å²) in [7, 11) is 0. The summed E-state index contributed by atoms with van der Waals surface area (Å²) in [6.07, 6.45) is 5.13. The van der Waals surface area contributed by atoms with Crippen LogP contribution in [-0.2, 0) is 6.54 Å². The molecule has 3 N–H and O–H groups in total.